The molecule has 1 aromatic rings. The molecule has 8 heteroatoms. The van der Waals surface area contributed by atoms with E-state index in [-0.39, 0.29) is 12.6 Å². The summed E-state index contributed by atoms with van der Waals surface area (Å²) in [6.45, 7) is 5.04. The monoisotopic (exact) mass is 297 g/mol. The SMILES string of the molecule is CC(C)N(C)S(=O)(=O)N1CCCn2nc(C#N)cc2C1. The zero-order chi connectivity index (χ0) is 14.9. The topological polar surface area (TPSA) is 82.2 Å². The summed E-state index contributed by atoms with van der Waals surface area (Å²) >= 11 is 0. The van der Waals surface area contributed by atoms with Gasteiger partial charge in [0.1, 0.15) is 6.07 Å². The number of rotatable bonds is 3. The Labute approximate surface area is 119 Å². The standard InChI is InChI=1S/C12H19N5O2S/c1-10(2)15(3)20(18,19)16-5-4-6-17-12(9-16)7-11(8-13)14-17/h7,10H,4-6,9H2,1-3H3. The molecule has 0 unspecified atom stereocenters. The second-order valence-electron chi connectivity index (χ2n) is 5.16. The van der Waals surface area contributed by atoms with Crippen molar-refractivity contribution < 1.29 is 8.42 Å². The van der Waals surface area contributed by atoms with Gasteiger partial charge in [-0.15, -0.1) is 0 Å². The summed E-state index contributed by atoms with van der Waals surface area (Å²) in [6.07, 6.45) is 0.685. The third-order valence-corrected chi connectivity index (χ3v) is 5.62. The summed E-state index contributed by atoms with van der Waals surface area (Å²) < 4.78 is 29.6. The maximum absolute atomic E-state index is 12.5. The van der Waals surface area contributed by atoms with Gasteiger partial charge in [0.25, 0.3) is 10.2 Å². The summed E-state index contributed by atoms with van der Waals surface area (Å²) in [5.74, 6) is 0. The number of hydrogen-bond donors (Lipinski definition) is 0. The van der Waals surface area contributed by atoms with E-state index in [4.69, 9.17) is 5.26 Å². The minimum absolute atomic E-state index is 0.0946. The van der Waals surface area contributed by atoms with Crippen LogP contribution in [0.15, 0.2) is 6.07 Å². The van der Waals surface area contributed by atoms with Gasteiger partial charge < -0.3 is 0 Å². The molecule has 2 heterocycles. The van der Waals surface area contributed by atoms with E-state index in [1.165, 1.54) is 8.61 Å². The summed E-state index contributed by atoms with van der Waals surface area (Å²) in [4.78, 5) is 0. The predicted molar refractivity (Wildman–Crippen MR) is 73.8 cm³/mol. The molecule has 20 heavy (non-hydrogen) atoms. The minimum atomic E-state index is -3.48. The van der Waals surface area contributed by atoms with Crippen LogP contribution in [0.2, 0.25) is 0 Å². The number of hydrogen-bond acceptors (Lipinski definition) is 4. The second-order valence-corrected chi connectivity index (χ2v) is 7.15. The number of nitriles is 1. The fourth-order valence-electron chi connectivity index (χ4n) is 2.13. The van der Waals surface area contributed by atoms with Crippen molar-refractivity contribution in [3.8, 4) is 6.07 Å². The molecule has 1 aromatic heterocycles. The van der Waals surface area contributed by atoms with Gasteiger partial charge in [0.15, 0.2) is 5.69 Å². The fraction of sp³-hybridized carbons (Fsp3) is 0.667. The van der Waals surface area contributed by atoms with Crippen molar-refractivity contribution in [2.24, 2.45) is 0 Å². The van der Waals surface area contributed by atoms with Crippen molar-refractivity contribution in [2.45, 2.75) is 39.4 Å². The van der Waals surface area contributed by atoms with Crippen LogP contribution in [0.4, 0.5) is 0 Å². The van der Waals surface area contributed by atoms with Gasteiger partial charge in [-0.05, 0) is 26.3 Å². The predicted octanol–water partition coefficient (Wildman–Crippen LogP) is 0.545. The van der Waals surface area contributed by atoms with Gasteiger partial charge in [0.05, 0.1) is 12.2 Å². The zero-order valence-electron chi connectivity index (χ0n) is 11.9. The molecule has 0 saturated heterocycles. The molecular weight excluding hydrogens is 278 g/mol. The van der Waals surface area contributed by atoms with Gasteiger partial charge in [-0.2, -0.15) is 27.4 Å². The Hall–Kier alpha value is -1.43. The molecule has 0 amide bonds. The lowest BCUT2D eigenvalue weighted by atomic mass is 10.3. The van der Waals surface area contributed by atoms with Gasteiger partial charge >= 0.3 is 0 Å². The lowest BCUT2D eigenvalue weighted by molar-refractivity contribution is 0.332. The van der Waals surface area contributed by atoms with Crippen molar-refractivity contribution >= 4 is 10.2 Å². The van der Waals surface area contributed by atoms with E-state index in [0.29, 0.717) is 25.2 Å². The maximum Gasteiger partial charge on any atom is 0.282 e. The van der Waals surface area contributed by atoms with Crippen LogP contribution in [0.5, 0.6) is 0 Å². The highest BCUT2D eigenvalue weighted by Gasteiger charge is 2.30. The molecule has 0 aromatic carbocycles. The smallest absolute Gasteiger partial charge is 0.267 e. The lowest BCUT2D eigenvalue weighted by Gasteiger charge is -2.28. The Morgan fingerprint density at radius 2 is 2.15 bits per heavy atom. The first-order valence-corrected chi connectivity index (χ1v) is 7.96. The summed E-state index contributed by atoms with van der Waals surface area (Å²) in [7, 11) is -1.90. The van der Waals surface area contributed by atoms with E-state index in [1.807, 2.05) is 19.9 Å². The first kappa shape index (κ1) is 15.0. The Balaban J connectivity index is 2.29. The Kier molecular flexibility index (Phi) is 4.13. The van der Waals surface area contributed by atoms with E-state index in [1.54, 1.807) is 17.8 Å². The fourth-order valence-corrected chi connectivity index (χ4v) is 3.69. The molecule has 0 N–H and O–H groups in total. The highest BCUT2D eigenvalue weighted by molar-refractivity contribution is 7.86. The van der Waals surface area contributed by atoms with Gasteiger partial charge in [0.2, 0.25) is 0 Å². The average molecular weight is 297 g/mol. The molecule has 2 rings (SSSR count). The maximum atomic E-state index is 12.5. The molecule has 0 saturated carbocycles. The second kappa shape index (κ2) is 5.52. The number of nitrogens with zero attached hydrogens (tertiary/aromatic N) is 5. The Morgan fingerprint density at radius 1 is 1.45 bits per heavy atom. The van der Waals surface area contributed by atoms with E-state index in [9.17, 15) is 8.42 Å². The highest BCUT2D eigenvalue weighted by Crippen LogP contribution is 2.19. The summed E-state index contributed by atoms with van der Waals surface area (Å²) in [5.41, 5.74) is 1.09. The zero-order valence-corrected chi connectivity index (χ0v) is 12.8. The van der Waals surface area contributed by atoms with Crippen molar-refractivity contribution in [3.63, 3.8) is 0 Å². The molecule has 0 aliphatic carbocycles. The van der Waals surface area contributed by atoms with Gasteiger partial charge in [-0.25, -0.2) is 0 Å². The number of aryl methyl sites for hydroxylation is 1. The molecular formula is C12H19N5O2S. The van der Waals surface area contributed by atoms with Crippen molar-refractivity contribution in [1.82, 2.24) is 18.4 Å². The molecule has 7 nitrogen and oxygen atoms in total. The van der Waals surface area contributed by atoms with E-state index >= 15 is 0 Å². The third kappa shape index (κ3) is 2.70. The first-order valence-electron chi connectivity index (χ1n) is 6.56. The first-order chi connectivity index (χ1) is 9.36. The van der Waals surface area contributed by atoms with Crippen molar-refractivity contribution in [2.75, 3.05) is 13.6 Å². The van der Waals surface area contributed by atoms with Crippen LogP contribution in [0.3, 0.4) is 0 Å². The largest absolute Gasteiger partial charge is 0.282 e. The summed E-state index contributed by atoms with van der Waals surface area (Å²) in [6, 6.07) is 3.55. The normalized spacial score (nSPS) is 17.0. The van der Waals surface area contributed by atoms with E-state index < -0.39 is 10.2 Å². The third-order valence-electron chi connectivity index (χ3n) is 3.51. The van der Waals surface area contributed by atoms with Crippen LogP contribution in [0, 0.1) is 11.3 Å². The van der Waals surface area contributed by atoms with E-state index in [2.05, 4.69) is 5.10 Å². The molecule has 110 valence electrons. The quantitative estimate of drug-likeness (QED) is 0.815. The molecule has 0 fully saturated rings. The van der Waals surface area contributed by atoms with Crippen LogP contribution in [0.1, 0.15) is 31.7 Å². The van der Waals surface area contributed by atoms with Crippen molar-refractivity contribution in [1.29, 1.82) is 5.26 Å². The van der Waals surface area contributed by atoms with Gasteiger partial charge in [0, 0.05) is 26.2 Å². The molecule has 0 radical (unpaired) electrons. The van der Waals surface area contributed by atoms with E-state index in [0.717, 1.165) is 5.69 Å². The number of fused-ring (bicyclic) bond motifs is 1. The number of aromatic nitrogens is 2. The van der Waals surface area contributed by atoms with Crippen LogP contribution in [-0.4, -0.2) is 46.4 Å². The molecule has 1 aliphatic rings. The van der Waals surface area contributed by atoms with Crippen LogP contribution in [-0.2, 0) is 23.3 Å². The average Bonchev–Trinajstić information content (AvgIpc) is 2.68. The van der Waals surface area contributed by atoms with Gasteiger partial charge in [-0.1, -0.05) is 0 Å². The van der Waals surface area contributed by atoms with Crippen LogP contribution in [0.25, 0.3) is 0 Å². The van der Waals surface area contributed by atoms with Gasteiger partial charge in [-0.3, -0.25) is 4.68 Å². The van der Waals surface area contributed by atoms with Crippen LogP contribution < -0.4 is 0 Å². The molecule has 0 bridgehead atoms. The van der Waals surface area contributed by atoms with Crippen LogP contribution >= 0.6 is 0 Å². The minimum Gasteiger partial charge on any atom is -0.267 e. The van der Waals surface area contributed by atoms with Crippen molar-refractivity contribution in [3.05, 3.63) is 17.5 Å². The molecule has 0 spiro atoms. The Morgan fingerprint density at radius 3 is 2.75 bits per heavy atom. The summed E-state index contributed by atoms with van der Waals surface area (Å²) in [5, 5.41) is 13.0. The molecule has 1 aliphatic heterocycles. The molecule has 0 atom stereocenters. The highest BCUT2D eigenvalue weighted by atomic mass is 32.2. The lowest BCUT2D eigenvalue weighted by Crippen LogP contribution is -2.44. The Bertz CT molecular complexity index is 629.